The van der Waals surface area contributed by atoms with Gasteiger partial charge >= 0.3 is 0 Å². The molecule has 4 aromatic rings. The van der Waals surface area contributed by atoms with Crippen LogP contribution in [0.2, 0.25) is 0 Å². The van der Waals surface area contributed by atoms with Crippen LogP contribution in [0.15, 0.2) is 58.5 Å². The fraction of sp³-hybridized carbons (Fsp3) is 0.360. The zero-order chi connectivity index (χ0) is 22.9. The quantitative estimate of drug-likeness (QED) is 0.407. The van der Waals surface area contributed by atoms with Gasteiger partial charge in [0.25, 0.3) is 5.56 Å². The summed E-state index contributed by atoms with van der Waals surface area (Å²) in [6, 6.07) is 15.8. The molecule has 0 radical (unpaired) electrons. The van der Waals surface area contributed by atoms with E-state index in [1.165, 1.54) is 22.9 Å². The monoisotopic (exact) mass is 461 g/mol. The third-order valence-electron chi connectivity index (χ3n) is 6.29. The molecule has 5 rings (SSSR count). The molecule has 2 aromatic heterocycles. The third kappa shape index (κ3) is 3.93. The van der Waals surface area contributed by atoms with Crippen molar-refractivity contribution in [3.63, 3.8) is 0 Å². The maximum absolute atomic E-state index is 13.3. The van der Waals surface area contributed by atoms with Gasteiger partial charge in [-0.2, -0.15) is 0 Å². The molecule has 0 bridgehead atoms. The predicted octanol–water partition coefficient (Wildman–Crippen LogP) is 3.91. The lowest BCUT2D eigenvalue weighted by molar-refractivity contribution is -0.131. The second kappa shape index (κ2) is 9.02. The number of carbonyl (C=O) groups excluding carboxylic acids is 1. The minimum Gasteiger partial charge on any atom is -0.337 e. The van der Waals surface area contributed by atoms with Gasteiger partial charge in [0.15, 0.2) is 5.16 Å². The third-order valence-corrected chi connectivity index (χ3v) is 7.32. The standard InChI is InChI=1S/C25H27N5O2S/c1-3-4-14-29-23(32)20-11-7-8-12-21(20)30-24(29)26-27-25(30)33-17(2)22(31)28-15-13-18-9-5-6-10-19(18)16-28/h5-12,17H,3-4,13-16H2,1-2H3. The number of hydrogen-bond acceptors (Lipinski definition) is 5. The number of benzene rings is 2. The van der Waals surface area contributed by atoms with Crippen LogP contribution in [0.3, 0.4) is 0 Å². The Hall–Kier alpha value is -3.13. The summed E-state index contributed by atoms with van der Waals surface area (Å²) in [6.07, 6.45) is 2.74. The molecule has 33 heavy (non-hydrogen) atoms. The minimum absolute atomic E-state index is 0.0494. The van der Waals surface area contributed by atoms with Crippen molar-refractivity contribution >= 4 is 34.3 Å². The normalized spacial score (nSPS) is 14.5. The largest absolute Gasteiger partial charge is 0.337 e. The maximum atomic E-state index is 13.3. The van der Waals surface area contributed by atoms with Crippen LogP contribution in [0.5, 0.6) is 0 Å². The van der Waals surface area contributed by atoms with Crippen LogP contribution in [0.1, 0.15) is 37.8 Å². The second-order valence-corrected chi connectivity index (χ2v) is 9.79. The summed E-state index contributed by atoms with van der Waals surface area (Å²) in [6.45, 7) is 5.97. The molecule has 0 saturated carbocycles. The Balaban J connectivity index is 1.47. The Morgan fingerprint density at radius 1 is 1.09 bits per heavy atom. The predicted molar refractivity (Wildman–Crippen MR) is 131 cm³/mol. The lowest BCUT2D eigenvalue weighted by atomic mass is 10.00. The number of thioether (sulfide) groups is 1. The Labute approximate surface area is 196 Å². The summed E-state index contributed by atoms with van der Waals surface area (Å²) < 4.78 is 3.63. The average Bonchev–Trinajstić information content (AvgIpc) is 3.26. The first kappa shape index (κ1) is 21.7. The Morgan fingerprint density at radius 2 is 1.85 bits per heavy atom. The van der Waals surface area contributed by atoms with Crippen LogP contribution in [-0.4, -0.2) is 41.8 Å². The smallest absolute Gasteiger partial charge is 0.262 e. The van der Waals surface area contributed by atoms with E-state index in [0.717, 1.165) is 31.3 Å². The summed E-state index contributed by atoms with van der Waals surface area (Å²) in [5.74, 6) is 0.621. The van der Waals surface area contributed by atoms with E-state index in [2.05, 4.69) is 35.3 Å². The van der Waals surface area contributed by atoms with Gasteiger partial charge in [-0.05, 0) is 43.0 Å². The van der Waals surface area contributed by atoms with Gasteiger partial charge in [0.2, 0.25) is 11.7 Å². The molecule has 8 heteroatoms. The highest BCUT2D eigenvalue weighted by Gasteiger charge is 2.27. The van der Waals surface area contributed by atoms with Crippen LogP contribution in [-0.2, 0) is 24.3 Å². The van der Waals surface area contributed by atoms with E-state index >= 15 is 0 Å². The molecule has 1 aliphatic rings. The van der Waals surface area contributed by atoms with Crippen molar-refractivity contribution in [2.75, 3.05) is 6.54 Å². The number of fused-ring (bicyclic) bond motifs is 4. The van der Waals surface area contributed by atoms with E-state index < -0.39 is 0 Å². The number of rotatable bonds is 6. The highest BCUT2D eigenvalue weighted by atomic mass is 32.2. The Bertz CT molecular complexity index is 1390. The number of amides is 1. The molecule has 1 amide bonds. The number of aryl methyl sites for hydroxylation is 1. The van der Waals surface area contributed by atoms with E-state index in [0.29, 0.717) is 29.4 Å². The van der Waals surface area contributed by atoms with Crippen molar-refractivity contribution in [3.05, 3.63) is 70.0 Å². The number of nitrogens with zero attached hydrogens (tertiary/aromatic N) is 5. The van der Waals surface area contributed by atoms with Crippen molar-refractivity contribution in [2.24, 2.45) is 0 Å². The van der Waals surface area contributed by atoms with E-state index in [9.17, 15) is 9.59 Å². The molecule has 0 spiro atoms. The first-order valence-electron chi connectivity index (χ1n) is 11.5. The highest BCUT2D eigenvalue weighted by Crippen LogP contribution is 2.28. The SMILES string of the molecule is CCCCn1c(=O)c2ccccc2n2c(SC(C)C(=O)N3CCc4ccccc4C3)nnc12. The molecule has 0 N–H and O–H groups in total. The Morgan fingerprint density at radius 3 is 2.67 bits per heavy atom. The Kier molecular flexibility index (Phi) is 5.93. The van der Waals surface area contributed by atoms with E-state index in [1.54, 1.807) is 4.57 Å². The molecule has 1 atom stereocenters. The van der Waals surface area contributed by atoms with Gasteiger partial charge in [-0.1, -0.05) is 61.5 Å². The topological polar surface area (TPSA) is 72.5 Å². The highest BCUT2D eigenvalue weighted by molar-refractivity contribution is 8.00. The number of aromatic nitrogens is 4. The molecule has 0 saturated heterocycles. The molecule has 1 aliphatic heterocycles. The first-order valence-corrected chi connectivity index (χ1v) is 12.4. The van der Waals surface area contributed by atoms with E-state index in [4.69, 9.17) is 0 Å². The zero-order valence-corrected chi connectivity index (χ0v) is 19.7. The van der Waals surface area contributed by atoms with Gasteiger partial charge in [0.1, 0.15) is 0 Å². The van der Waals surface area contributed by atoms with Gasteiger partial charge < -0.3 is 4.90 Å². The van der Waals surface area contributed by atoms with E-state index in [1.807, 2.05) is 46.6 Å². The van der Waals surface area contributed by atoms with Crippen molar-refractivity contribution in [1.82, 2.24) is 24.1 Å². The fourth-order valence-electron chi connectivity index (χ4n) is 4.48. The number of para-hydroxylation sites is 1. The molecule has 0 fully saturated rings. The number of carbonyl (C=O) groups is 1. The van der Waals surface area contributed by atoms with Crippen molar-refractivity contribution < 1.29 is 4.79 Å². The average molecular weight is 462 g/mol. The van der Waals surface area contributed by atoms with Gasteiger partial charge in [0.05, 0.1) is 16.2 Å². The van der Waals surface area contributed by atoms with Crippen LogP contribution < -0.4 is 5.56 Å². The van der Waals surface area contributed by atoms with Crippen LogP contribution in [0.25, 0.3) is 16.7 Å². The maximum Gasteiger partial charge on any atom is 0.262 e. The second-order valence-electron chi connectivity index (χ2n) is 8.48. The molecule has 170 valence electrons. The molecule has 0 aliphatic carbocycles. The number of hydrogen-bond donors (Lipinski definition) is 0. The number of unbranched alkanes of at least 4 members (excludes halogenated alkanes) is 1. The molecule has 3 heterocycles. The summed E-state index contributed by atoms with van der Waals surface area (Å²) in [5, 5.41) is 9.71. The first-order chi connectivity index (χ1) is 16.1. The van der Waals surface area contributed by atoms with Crippen molar-refractivity contribution in [1.29, 1.82) is 0 Å². The van der Waals surface area contributed by atoms with Crippen LogP contribution >= 0.6 is 11.8 Å². The zero-order valence-electron chi connectivity index (χ0n) is 18.9. The summed E-state index contributed by atoms with van der Waals surface area (Å²) in [7, 11) is 0. The lowest BCUT2D eigenvalue weighted by Crippen LogP contribution is -2.40. The fourth-order valence-corrected chi connectivity index (χ4v) is 5.42. The van der Waals surface area contributed by atoms with Crippen molar-refractivity contribution in [2.45, 2.75) is 56.6 Å². The summed E-state index contributed by atoms with van der Waals surface area (Å²) >= 11 is 1.40. The molecular formula is C25H27N5O2S. The van der Waals surface area contributed by atoms with Gasteiger partial charge in [0, 0.05) is 19.6 Å². The van der Waals surface area contributed by atoms with Crippen molar-refractivity contribution in [3.8, 4) is 0 Å². The van der Waals surface area contributed by atoms with Crippen LogP contribution in [0, 0.1) is 0 Å². The molecule has 7 nitrogen and oxygen atoms in total. The lowest BCUT2D eigenvalue weighted by Gasteiger charge is -2.30. The summed E-state index contributed by atoms with van der Waals surface area (Å²) in [4.78, 5) is 28.3. The van der Waals surface area contributed by atoms with Crippen LogP contribution in [0.4, 0.5) is 0 Å². The minimum atomic E-state index is -0.322. The summed E-state index contributed by atoms with van der Waals surface area (Å²) in [5.41, 5.74) is 3.26. The van der Waals surface area contributed by atoms with Gasteiger partial charge in [-0.3, -0.25) is 18.6 Å². The molecule has 1 unspecified atom stereocenters. The van der Waals surface area contributed by atoms with Gasteiger partial charge in [-0.15, -0.1) is 10.2 Å². The van der Waals surface area contributed by atoms with E-state index in [-0.39, 0.29) is 16.7 Å². The van der Waals surface area contributed by atoms with Gasteiger partial charge in [-0.25, -0.2) is 0 Å². The molecule has 2 aromatic carbocycles. The molecular weight excluding hydrogens is 434 g/mol.